The molecule has 3 heterocycles. The zero-order valence-corrected chi connectivity index (χ0v) is 17.9. The van der Waals surface area contributed by atoms with Gasteiger partial charge in [0.2, 0.25) is 0 Å². The van der Waals surface area contributed by atoms with Crippen LogP contribution in [0.25, 0.3) is 10.2 Å². The topological polar surface area (TPSA) is 71.8 Å². The molecule has 1 aromatic carbocycles. The molecule has 152 valence electrons. The highest BCUT2D eigenvalue weighted by Gasteiger charge is 2.36. The van der Waals surface area contributed by atoms with E-state index in [1.807, 2.05) is 19.1 Å². The Morgan fingerprint density at radius 1 is 1.32 bits per heavy atom. The summed E-state index contributed by atoms with van der Waals surface area (Å²) in [6.07, 6.45) is 2.79. The van der Waals surface area contributed by atoms with Crippen LogP contribution in [0.2, 0.25) is 0 Å². The Hall–Kier alpha value is -1.51. The number of hydrogen-bond donors (Lipinski definition) is 1. The fourth-order valence-corrected chi connectivity index (χ4v) is 7.39. The molecule has 8 heteroatoms. The summed E-state index contributed by atoms with van der Waals surface area (Å²) in [5.41, 5.74) is 1.06. The zero-order valence-electron chi connectivity index (χ0n) is 16.3. The van der Waals surface area contributed by atoms with Gasteiger partial charge >= 0.3 is 0 Å². The van der Waals surface area contributed by atoms with Gasteiger partial charge in [-0.3, -0.25) is 4.79 Å². The number of carbonyl (C=O) groups excluding carboxylic acids is 1. The van der Waals surface area contributed by atoms with Gasteiger partial charge in [-0.05, 0) is 38.3 Å². The number of nitrogens with zero attached hydrogens (tertiary/aromatic N) is 2. The maximum absolute atomic E-state index is 12.9. The molecule has 2 saturated heterocycles. The van der Waals surface area contributed by atoms with Gasteiger partial charge in [0.25, 0.3) is 5.91 Å². The van der Waals surface area contributed by atoms with Gasteiger partial charge in [-0.1, -0.05) is 12.1 Å². The van der Waals surface area contributed by atoms with Gasteiger partial charge < -0.3 is 9.80 Å². The summed E-state index contributed by atoms with van der Waals surface area (Å²) in [7, 11) is -2.98. The van der Waals surface area contributed by atoms with Crippen molar-refractivity contribution in [2.45, 2.75) is 38.1 Å². The number of piperidine rings is 1. The Kier molecular flexibility index (Phi) is 5.71. The quantitative estimate of drug-likeness (QED) is 0.783. The van der Waals surface area contributed by atoms with Crippen LogP contribution < -0.4 is 4.90 Å². The molecule has 1 aromatic heterocycles. The van der Waals surface area contributed by atoms with Gasteiger partial charge in [-0.25, -0.2) is 13.4 Å². The summed E-state index contributed by atoms with van der Waals surface area (Å²) >= 11 is 1.77. The maximum atomic E-state index is 12.9. The molecule has 2 aliphatic rings. The first-order chi connectivity index (χ1) is 13.4. The van der Waals surface area contributed by atoms with Crippen LogP contribution in [-0.4, -0.2) is 67.9 Å². The highest BCUT2D eigenvalue weighted by Crippen LogP contribution is 2.30. The van der Waals surface area contributed by atoms with Crippen LogP contribution in [-0.2, 0) is 14.6 Å². The van der Waals surface area contributed by atoms with Gasteiger partial charge in [-0.15, -0.1) is 11.3 Å². The molecule has 2 aromatic rings. The number of para-hydroxylation sites is 1. The van der Waals surface area contributed by atoms with Crippen LogP contribution in [0.3, 0.4) is 0 Å². The number of aromatic nitrogens is 1. The van der Waals surface area contributed by atoms with E-state index < -0.39 is 9.84 Å². The minimum absolute atomic E-state index is 0.0875. The van der Waals surface area contributed by atoms with E-state index in [9.17, 15) is 13.2 Å². The summed E-state index contributed by atoms with van der Waals surface area (Å²) in [6, 6.07) is 8.09. The molecule has 0 radical (unpaired) electrons. The molecular weight excluding hydrogens is 394 g/mol. The van der Waals surface area contributed by atoms with Gasteiger partial charge in [0.05, 0.1) is 40.7 Å². The molecule has 3 atom stereocenters. The van der Waals surface area contributed by atoms with Gasteiger partial charge in [0.15, 0.2) is 16.4 Å². The smallest absolute Gasteiger partial charge is 0.278 e. The van der Waals surface area contributed by atoms with Gasteiger partial charge in [0.1, 0.15) is 5.01 Å². The fraction of sp³-hybridized carbons (Fsp3) is 0.600. The SMILES string of the molecule is CCN(C(=O)C[NH+]1CCC[C@H](c2nc3ccccc3s2)C1)[C@@H]1CCS(=O)(=O)C1. The summed E-state index contributed by atoms with van der Waals surface area (Å²) < 4.78 is 24.8. The molecule has 4 rings (SSSR count). The van der Waals surface area contributed by atoms with Crippen molar-refractivity contribution in [3.63, 3.8) is 0 Å². The van der Waals surface area contributed by atoms with Crippen LogP contribution in [0.15, 0.2) is 24.3 Å². The molecule has 28 heavy (non-hydrogen) atoms. The number of sulfone groups is 1. The minimum Gasteiger partial charge on any atom is -0.334 e. The third kappa shape index (κ3) is 4.23. The van der Waals surface area contributed by atoms with E-state index >= 15 is 0 Å². The highest BCUT2D eigenvalue weighted by atomic mass is 32.2. The molecule has 1 unspecified atom stereocenters. The van der Waals surface area contributed by atoms with Crippen molar-refractivity contribution in [2.75, 3.05) is 37.7 Å². The number of benzene rings is 1. The van der Waals surface area contributed by atoms with Crippen LogP contribution in [0.1, 0.15) is 37.1 Å². The monoisotopic (exact) mass is 422 g/mol. The molecule has 2 aliphatic heterocycles. The van der Waals surface area contributed by atoms with Crippen molar-refractivity contribution >= 4 is 37.3 Å². The summed E-state index contributed by atoms with van der Waals surface area (Å²) in [5.74, 6) is 0.814. The first-order valence-electron chi connectivity index (χ1n) is 10.1. The second-order valence-electron chi connectivity index (χ2n) is 7.98. The predicted molar refractivity (Wildman–Crippen MR) is 112 cm³/mol. The van der Waals surface area contributed by atoms with Crippen LogP contribution >= 0.6 is 11.3 Å². The number of carbonyl (C=O) groups is 1. The Morgan fingerprint density at radius 3 is 2.86 bits per heavy atom. The minimum atomic E-state index is -2.98. The zero-order chi connectivity index (χ0) is 19.7. The Morgan fingerprint density at radius 2 is 2.14 bits per heavy atom. The second-order valence-corrected chi connectivity index (χ2v) is 11.3. The molecule has 2 fully saturated rings. The standard InChI is InChI=1S/C20H27N3O3S2/c1-2-23(16-9-11-28(25,26)14-16)19(24)13-22-10-5-6-15(12-22)20-21-17-7-3-4-8-18(17)27-20/h3-4,7-8,15-16H,2,5-6,9-14H2,1H3/p+1/t15-,16+/m0/s1. The first-order valence-corrected chi connectivity index (χ1v) is 12.8. The lowest BCUT2D eigenvalue weighted by atomic mass is 9.98. The van der Waals surface area contributed by atoms with Crippen LogP contribution in [0.4, 0.5) is 0 Å². The van der Waals surface area contributed by atoms with E-state index in [0.717, 1.165) is 31.4 Å². The number of hydrogen-bond acceptors (Lipinski definition) is 5. The largest absolute Gasteiger partial charge is 0.334 e. The lowest BCUT2D eigenvalue weighted by Gasteiger charge is -2.32. The number of thiazole rings is 1. The van der Waals surface area contributed by atoms with Crippen LogP contribution in [0, 0.1) is 0 Å². The number of rotatable bonds is 5. The molecule has 1 N–H and O–H groups in total. The summed E-state index contributed by atoms with van der Waals surface area (Å²) in [4.78, 5) is 20.8. The number of nitrogens with one attached hydrogen (secondary N) is 1. The highest BCUT2D eigenvalue weighted by molar-refractivity contribution is 7.91. The summed E-state index contributed by atoms with van der Waals surface area (Å²) in [5, 5.41) is 1.18. The second kappa shape index (κ2) is 8.08. The van der Waals surface area contributed by atoms with E-state index in [2.05, 4.69) is 12.1 Å². The van der Waals surface area contributed by atoms with Crippen molar-refractivity contribution in [3.05, 3.63) is 29.3 Å². The molecule has 0 aliphatic carbocycles. The lowest BCUT2D eigenvalue weighted by molar-refractivity contribution is -0.898. The third-order valence-electron chi connectivity index (χ3n) is 5.99. The Balaban J connectivity index is 1.40. The molecule has 6 nitrogen and oxygen atoms in total. The third-order valence-corrected chi connectivity index (χ3v) is 8.94. The Bertz CT molecular complexity index is 924. The summed E-state index contributed by atoms with van der Waals surface area (Å²) in [6.45, 7) is 4.89. The molecule has 1 amide bonds. The van der Waals surface area contributed by atoms with Crippen molar-refractivity contribution in [1.82, 2.24) is 9.88 Å². The van der Waals surface area contributed by atoms with Crippen LogP contribution in [0.5, 0.6) is 0 Å². The predicted octanol–water partition coefficient (Wildman–Crippen LogP) is 1.09. The van der Waals surface area contributed by atoms with Crippen molar-refractivity contribution in [3.8, 4) is 0 Å². The molecule has 0 saturated carbocycles. The average molecular weight is 423 g/mol. The lowest BCUT2D eigenvalue weighted by Crippen LogP contribution is -3.14. The van der Waals surface area contributed by atoms with E-state index in [0.29, 0.717) is 25.4 Å². The number of likely N-dealkylation sites (tertiary alicyclic amines) is 1. The molecule has 0 spiro atoms. The number of quaternary nitrogens is 1. The van der Waals surface area contributed by atoms with E-state index in [4.69, 9.17) is 4.98 Å². The molecule has 0 bridgehead atoms. The number of fused-ring (bicyclic) bond motifs is 1. The normalized spacial score (nSPS) is 27.1. The Labute approximate surface area is 170 Å². The van der Waals surface area contributed by atoms with E-state index in [-0.39, 0.29) is 23.5 Å². The fourth-order valence-electron chi connectivity index (χ4n) is 4.56. The first kappa shape index (κ1) is 19.8. The molecular formula is C20H28N3O3S2+. The van der Waals surface area contributed by atoms with E-state index in [1.165, 1.54) is 14.6 Å². The van der Waals surface area contributed by atoms with Crippen molar-refractivity contribution in [2.24, 2.45) is 0 Å². The van der Waals surface area contributed by atoms with Crippen molar-refractivity contribution in [1.29, 1.82) is 0 Å². The van der Waals surface area contributed by atoms with E-state index in [1.54, 1.807) is 16.2 Å². The maximum Gasteiger partial charge on any atom is 0.278 e. The van der Waals surface area contributed by atoms with Crippen molar-refractivity contribution < 1.29 is 18.1 Å². The average Bonchev–Trinajstić information content (AvgIpc) is 3.25. The van der Waals surface area contributed by atoms with Gasteiger partial charge in [0, 0.05) is 12.6 Å². The number of likely N-dealkylation sites (N-methyl/N-ethyl adjacent to an activating group) is 1. The van der Waals surface area contributed by atoms with Gasteiger partial charge in [-0.2, -0.15) is 0 Å². The number of amides is 1.